The molecule has 134 valence electrons. The number of hydrogen-bond acceptors (Lipinski definition) is 8. The lowest BCUT2D eigenvalue weighted by atomic mass is 10.6. The van der Waals surface area contributed by atoms with Crippen molar-refractivity contribution < 1.29 is 19.5 Å². The lowest BCUT2D eigenvalue weighted by Crippen LogP contribution is -2.42. The highest BCUT2D eigenvalue weighted by Crippen LogP contribution is 1.96. The maximum absolute atomic E-state index is 10.8. The van der Waals surface area contributed by atoms with Crippen molar-refractivity contribution in [3.63, 3.8) is 0 Å². The molecule has 0 aromatic heterocycles. The van der Waals surface area contributed by atoms with Crippen LogP contribution in [0.3, 0.4) is 0 Å². The van der Waals surface area contributed by atoms with Crippen molar-refractivity contribution in [1.29, 1.82) is 0 Å². The number of nitro groups is 2. The van der Waals surface area contributed by atoms with Crippen molar-refractivity contribution in [3.05, 3.63) is 41.1 Å². The van der Waals surface area contributed by atoms with Gasteiger partial charge in [0, 0.05) is 22.9 Å². The van der Waals surface area contributed by atoms with Crippen LogP contribution in [0, 0.1) is 20.2 Å². The average molecular weight is 348 g/mol. The van der Waals surface area contributed by atoms with Gasteiger partial charge in [0.2, 0.25) is 0 Å². The summed E-state index contributed by atoms with van der Waals surface area (Å²) in [4.78, 5) is 26.7. The average Bonchev–Trinajstić information content (AvgIpc) is 2.54. The van der Waals surface area contributed by atoms with Crippen molar-refractivity contribution in [2.24, 2.45) is 10.2 Å². The van der Waals surface area contributed by atoms with Gasteiger partial charge in [0.25, 0.3) is 0 Å². The van der Waals surface area contributed by atoms with E-state index in [4.69, 9.17) is 20.5 Å². The number of azide groups is 2. The maximum Gasteiger partial charge on any atom is 0.176 e. The van der Waals surface area contributed by atoms with E-state index in [0.29, 0.717) is 10.0 Å². The number of rotatable bonds is 15. The summed E-state index contributed by atoms with van der Waals surface area (Å²) in [6.07, 6.45) is 0. The molecule has 0 aliphatic heterocycles. The molecule has 0 saturated heterocycles. The summed E-state index contributed by atoms with van der Waals surface area (Å²) in [6.45, 7) is -1.44. The zero-order chi connectivity index (χ0) is 18.2. The van der Waals surface area contributed by atoms with E-state index >= 15 is 0 Å². The number of hydrogen-bond donors (Lipinski definition) is 0. The highest BCUT2D eigenvalue weighted by molar-refractivity contribution is 4.48. The molecule has 0 bridgehead atoms. The topological polar surface area (TPSA) is 209 Å². The van der Waals surface area contributed by atoms with Gasteiger partial charge in [-0.2, -0.15) is 0 Å². The smallest absolute Gasteiger partial charge is 0.176 e. The summed E-state index contributed by atoms with van der Waals surface area (Å²) in [5.41, 5.74) is 16.1. The molecule has 0 aromatic carbocycles. The van der Waals surface area contributed by atoms with Gasteiger partial charge in [0.1, 0.15) is 13.1 Å². The van der Waals surface area contributed by atoms with Gasteiger partial charge in [0.15, 0.2) is 23.5 Å². The molecule has 16 nitrogen and oxygen atoms in total. The molecule has 0 fully saturated rings. The van der Waals surface area contributed by atoms with E-state index in [-0.39, 0.29) is 39.4 Å². The van der Waals surface area contributed by atoms with E-state index in [1.165, 1.54) is 0 Å². The Morgan fingerprint density at radius 3 is 1.54 bits per heavy atom. The predicted molar refractivity (Wildman–Crippen MR) is 77.1 cm³/mol. The van der Waals surface area contributed by atoms with Gasteiger partial charge in [-0.1, -0.05) is 10.2 Å². The van der Waals surface area contributed by atoms with Gasteiger partial charge >= 0.3 is 0 Å². The molecule has 24 heavy (non-hydrogen) atoms. The Bertz CT molecular complexity index is 446. The van der Waals surface area contributed by atoms with Gasteiger partial charge in [-0.05, 0) is 11.1 Å². The zero-order valence-corrected chi connectivity index (χ0v) is 12.6. The van der Waals surface area contributed by atoms with Crippen molar-refractivity contribution in [2.45, 2.75) is 0 Å². The summed E-state index contributed by atoms with van der Waals surface area (Å²) in [5.74, 6) is 0. The van der Waals surface area contributed by atoms with E-state index < -0.39 is 23.5 Å². The fraction of sp³-hybridized carbons (Fsp3) is 1.00. The summed E-state index contributed by atoms with van der Waals surface area (Å²) in [7, 11) is 0. The van der Waals surface area contributed by atoms with Crippen LogP contribution in [0.1, 0.15) is 0 Å². The molecule has 16 heteroatoms. The van der Waals surface area contributed by atoms with E-state index in [1.54, 1.807) is 0 Å². The third kappa shape index (κ3) is 10.6. The largest absolute Gasteiger partial charge is 0.355 e. The molecule has 0 spiro atoms. The van der Waals surface area contributed by atoms with E-state index in [1.807, 2.05) is 0 Å². The van der Waals surface area contributed by atoms with Gasteiger partial charge < -0.3 is 9.47 Å². The molecule has 0 aliphatic carbocycles. The van der Waals surface area contributed by atoms with Crippen molar-refractivity contribution >= 4 is 0 Å². The SMILES string of the molecule is [N-]=[N+]=NCCOCN(CCN(COCCN=[N+]=[N-])[N+](=O)[O-])[N+](=O)[O-]. The molecular formula is C8H16N10O6. The quantitative estimate of drug-likeness (QED) is 0.0773. The summed E-state index contributed by atoms with van der Waals surface area (Å²) < 4.78 is 9.86. The van der Waals surface area contributed by atoms with Crippen LogP contribution in [0.5, 0.6) is 0 Å². The van der Waals surface area contributed by atoms with Gasteiger partial charge in [-0.25, -0.2) is 20.2 Å². The monoisotopic (exact) mass is 348 g/mol. The van der Waals surface area contributed by atoms with Gasteiger partial charge in [-0.3, -0.25) is 0 Å². The Labute approximate surface area is 135 Å². The van der Waals surface area contributed by atoms with E-state index in [0.717, 1.165) is 0 Å². The van der Waals surface area contributed by atoms with Crippen LogP contribution < -0.4 is 0 Å². The molecule has 0 radical (unpaired) electrons. The number of ether oxygens (including phenoxy) is 2. The third-order valence-electron chi connectivity index (χ3n) is 2.36. The lowest BCUT2D eigenvalue weighted by molar-refractivity contribution is -0.682. The van der Waals surface area contributed by atoms with Crippen LogP contribution in [-0.4, -0.2) is 72.9 Å². The van der Waals surface area contributed by atoms with Gasteiger partial charge in [-0.15, -0.1) is 10.0 Å². The first-order valence-corrected chi connectivity index (χ1v) is 6.48. The van der Waals surface area contributed by atoms with Crippen LogP contribution in [0.4, 0.5) is 0 Å². The number of hydrazine groups is 2. The molecule has 0 unspecified atom stereocenters. The van der Waals surface area contributed by atoms with Crippen LogP contribution >= 0.6 is 0 Å². The Morgan fingerprint density at radius 1 is 0.875 bits per heavy atom. The highest BCUT2D eigenvalue weighted by atomic mass is 16.7. The molecule has 0 heterocycles. The Balaban J connectivity index is 4.23. The molecule has 0 atom stereocenters. The first-order chi connectivity index (χ1) is 11.5. The van der Waals surface area contributed by atoms with Crippen molar-refractivity contribution in [3.8, 4) is 0 Å². The van der Waals surface area contributed by atoms with Gasteiger partial charge in [0.05, 0.1) is 13.2 Å². The Hall–Kier alpha value is -3.06. The van der Waals surface area contributed by atoms with Crippen molar-refractivity contribution in [2.75, 3.05) is 52.9 Å². The number of nitrogens with zero attached hydrogens (tertiary/aromatic N) is 10. The molecule has 0 amide bonds. The zero-order valence-electron chi connectivity index (χ0n) is 12.6. The molecule has 0 aliphatic rings. The maximum atomic E-state index is 10.8. The Morgan fingerprint density at radius 2 is 1.25 bits per heavy atom. The molecule has 0 N–H and O–H groups in total. The molecular weight excluding hydrogens is 332 g/mol. The summed E-state index contributed by atoms with van der Waals surface area (Å²) in [5, 5.41) is 27.8. The second kappa shape index (κ2) is 13.6. The third-order valence-corrected chi connectivity index (χ3v) is 2.36. The first kappa shape index (κ1) is 20.9. The van der Waals surface area contributed by atoms with E-state index in [2.05, 4.69) is 20.1 Å². The minimum atomic E-state index is -0.756. The van der Waals surface area contributed by atoms with Crippen LogP contribution in [0.25, 0.3) is 20.9 Å². The van der Waals surface area contributed by atoms with Crippen LogP contribution in [0.15, 0.2) is 10.2 Å². The minimum Gasteiger partial charge on any atom is -0.355 e. The molecule has 0 aromatic rings. The minimum absolute atomic E-state index is 0.0160. The Kier molecular flexibility index (Phi) is 11.9. The first-order valence-electron chi connectivity index (χ1n) is 6.48. The second-order valence-corrected chi connectivity index (χ2v) is 3.92. The second-order valence-electron chi connectivity index (χ2n) is 3.92. The lowest BCUT2D eigenvalue weighted by Gasteiger charge is -2.17. The standard InChI is InChI=1S/C8H16N10O6/c9-13-11-1-5-23-7-15(17(19)20)3-4-16(18(21)22)8-24-6-2-12-14-10/h1-8H2. The van der Waals surface area contributed by atoms with E-state index in [9.17, 15) is 20.2 Å². The normalized spacial score (nSPS) is 9.50. The summed E-state index contributed by atoms with van der Waals surface area (Å²) >= 11 is 0. The highest BCUT2D eigenvalue weighted by Gasteiger charge is 2.21. The predicted octanol–water partition coefficient (Wildman–Crippen LogP) is 0.543. The molecule has 0 saturated carbocycles. The van der Waals surface area contributed by atoms with Crippen LogP contribution in [0.2, 0.25) is 0 Å². The fourth-order valence-electron chi connectivity index (χ4n) is 1.26. The fourth-order valence-corrected chi connectivity index (χ4v) is 1.26. The summed E-state index contributed by atoms with van der Waals surface area (Å²) in [6, 6.07) is 0. The molecule has 0 rings (SSSR count). The van der Waals surface area contributed by atoms with Crippen LogP contribution in [-0.2, 0) is 9.47 Å². The van der Waals surface area contributed by atoms with Crippen molar-refractivity contribution in [1.82, 2.24) is 10.0 Å².